The molecule has 1 saturated heterocycles. The topological polar surface area (TPSA) is 91.2 Å². The Hall–Kier alpha value is -3.27. The van der Waals surface area contributed by atoms with Gasteiger partial charge in [0.25, 0.3) is 0 Å². The molecule has 1 amide bonds. The fourth-order valence-corrected chi connectivity index (χ4v) is 4.62. The first-order valence-electron chi connectivity index (χ1n) is 10.4. The van der Waals surface area contributed by atoms with Crippen LogP contribution < -0.4 is 10.2 Å². The molecule has 11 heteroatoms. The molecule has 1 aromatic carbocycles. The van der Waals surface area contributed by atoms with Crippen LogP contribution in [0.2, 0.25) is 5.02 Å². The van der Waals surface area contributed by atoms with Crippen molar-refractivity contribution in [3.05, 3.63) is 35.6 Å². The Balaban J connectivity index is 1.42. The standard InChI is InChI=1S/C21H18ClF2N7O/c22-17-16(11-6-26-29-19(11)20(18(17)24)30-3-1-2-4-30)13-8-31-9-14(27-15(31)7-25-13)28-21(32)10-5-12(10)23/h6-10,12H,1-5H2,(H,26,29)(H,28,32)/t10-,12+/m1/s1. The first kappa shape index (κ1) is 19.4. The molecule has 0 spiro atoms. The van der Waals surface area contributed by atoms with Gasteiger partial charge in [-0.2, -0.15) is 5.10 Å². The lowest BCUT2D eigenvalue weighted by molar-refractivity contribution is -0.117. The van der Waals surface area contributed by atoms with Crippen LogP contribution in [0.4, 0.5) is 20.3 Å². The largest absolute Gasteiger partial charge is 0.367 e. The molecule has 1 aliphatic heterocycles. The minimum atomic E-state index is -1.08. The van der Waals surface area contributed by atoms with E-state index in [1.54, 1.807) is 23.0 Å². The molecule has 0 unspecified atom stereocenters. The number of aromatic amines is 1. The normalized spacial score (nSPS) is 20.4. The number of hydrogen-bond acceptors (Lipinski definition) is 5. The molecule has 1 aliphatic carbocycles. The van der Waals surface area contributed by atoms with Crippen molar-refractivity contribution in [1.82, 2.24) is 24.6 Å². The number of H-pyrrole nitrogens is 1. The molecule has 2 N–H and O–H groups in total. The van der Waals surface area contributed by atoms with Crippen molar-refractivity contribution >= 4 is 45.6 Å². The van der Waals surface area contributed by atoms with Crippen LogP contribution in [-0.2, 0) is 4.79 Å². The van der Waals surface area contributed by atoms with Crippen molar-refractivity contribution in [2.75, 3.05) is 23.3 Å². The number of fused-ring (bicyclic) bond motifs is 2. The Morgan fingerprint density at radius 1 is 1.25 bits per heavy atom. The molecule has 4 heterocycles. The molecule has 32 heavy (non-hydrogen) atoms. The number of aromatic nitrogens is 5. The third-order valence-electron chi connectivity index (χ3n) is 6.09. The van der Waals surface area contributed by atoms with Crippen LogP contribution in [0, 0.1) is 11.7 Å². The molecule has 2 atom stereocenters. The lowest BCUT2D eigenvalue weighted by atomic mass is 10.0. The second-order valence-electron chi connectivity index (χ2n) is 8.22. The predicted molar refractivity (Wildman–Crippen MR) is 116 cm³/mol. The molecular weight excluding hydrogens is 440 g/mol. The first-order chi connectivity index (χ1) is 15.5. The van der Waals surface area contributed by atoms with Gasteiger partial charge in [0.05, 0.1) is 40.7 Å². The van der Waals surface area contributed by atoms with Gasteiger partial charge in [-0.1, -0.05) is 11.6 Å². The van der Waals surface area contributed by atoms with Gasteiger partial charge in [0.1, 0.15) is 11.9 Å². The highest BCUT2D eigenvalue weighted by molar-refractivity contribution is 6.35. The molecule has 0 radical (unpaired) electrons. The quantitative estimate of drug-likeness (QED) is 0.484. The zero-order valence-corrected chi connectivity index (χ0v) is 17.5. The van der Waals surface area contributed by atoms with E-state index in [0.29, 0.717) is 39.3 Å². The Kier molecular flexibility index (Phi) is 4.32. The monoisotopic (exact) mass is 457 g/mol. The second-order valence-corrected chi connectivity index (χ2v) is 8.59. The van der Waals surface area contributed by atoms with Crippen LogP contribution in [0.5, 0.6) is 0 Å². The van der Waals surface area contributed by atoms with Gasteiger partial charge in [0.2, 0.25) is 5.91 Å². The minimum Gasteiger partial charge on any atom is -0.367 e. The summed E-state index contributed by atoms with van der Waals surface area (Å²) in [4.78, 5) is 22.7. The number of alkyl halides is 1. The summed E-state index contributed by atoms with van der Waals surface area (Å²) in [5.41, 5.74) is 2.35. The number of hydrogen-bond donors (Lipinski definition) is 2. The van der Waals surface area contributed by atoms with Crippen LogP contribution >= 0.6 is 11.6 Å². The fourth-order valence-electron chi connectivity index (χ4n) is 4.33. The average molecular weight is 458 g/mol. The number of anilines is 2. The van der Waals surface area contributed by atoms with Gasteiger partial charge < -0.3 is 14.6 Å². The molecule has 0 bridgehead atoms. The lowest BCUT2D eigenvalue weighted by Gasteiger charge is -2.21. The first-order valence-corrected chi connectivity index (χ1v) is 10.8. The second kappa shape index (κ2) is 7.13. The van der Waals surface area contributed by atoms with E-state index in [4.69, 9.17) is 11.6 Å². The van der Waals surface area contributed by atoms with Crippen LogP contribution in [0.15, 0.2) is 24.8 Å². The number of halogens is 3. The third kappa shape index (κ3) is 3.01. The maximum absolute atomic E-state index is 15.4. The number of carbonyl (C=O) groups is 1. The van der Waals surface area contributed by atoms with Crippen LogP contribution in [-0.4, -0.2) is 49.7 Å². The summed E-state index contributed by atoms with van der Waals surface area (Å²) in [5.74, 6) is -1.22. The summed E-state index contributed by atoms with van der Waals surface area (Å²) in [5, 5.41) is 10.3. The van der Waals surface area contributed by atoms with Crippen LogP contribution in [0.1, 0.15) is 19.3 Å². The van der Waals surface area contributed by atoms with Crippen molar-refractivity contribution in [1.29, 1.82) is 0 Å². The van der Waals surface area contributed by atoms with Crippen LogP contribution in [0.25, 0.3) is 27.8 Å². The Morgan fingerprint density at radius 3 is 2.78 bits per heavy atom. The number of imidazole rings is 1. The van der Waals surface area contributed by atoms with Crippen molar-refractivity contribution < 1.29 is 13.6 Å². The third-order valence-corrected chi connectivity index (χ3v) is 6.44. The summed E-state index contributed by atoms with van der Waals surface area (Å²) in [6.07, 6.45) is 7.54. The molecule has 2 aliphatic rings. The number of benzene rings is 1. The SMILES string of the molecule is O=C(Nc1cn2cc(-c3c(Cl)c(F)c(N4CCCC4)c4[nH]ncc34)ncc2n1)[C@@H]1C[C@@H]1F. The summed E-state index contributed by atoms with van der Waals surface area (Å²) in [7, 11) is 0. The molecule has 2 fully saturated rings. The number of carbonyl (C=O) groups excluding carboxylic acids is 1. The predicted octanol–water partition coefficient (Wildman–Crippen LogP) is 3.96. The molecule has 3 aromatic heterocycles. The highest BCUT2D eigenvalue weighted by atomic mass is 35.5. The van der Waals surface area contributed by atoms with Gasteiger partial charge >= 0.3 is 0 Å². The summed E-state index contributed by atoms with van der Waals surface area (Å²) >= 11 is 6.53. The minimum absolute atomic E-state index is 0.0241. The smallest absolute Gasteiger partial charge is 0.231 e. The number of nitrogens with one attached hydrogen (secondary N) is 2. The fraction of sp³-hybridized carbons (Fsp3) is 0.333. The molecule has 6 rings (SSSR count). The van der Waals surface area contributed by atoms with E-state index in [0.717, 1.165) is 25.9 Å². The van der Waals surface area contributed by atoms with E-state index in [9.17, 15) is 9.18 Å². The Labute approximate surface area is 185 Å². The highest BCUT2D eigenvalue weighted by Crippen LogP contribution is 2.43. The number of rotatable bonds is 4. The molecule has 164 valence electrons. The maximum Gasteiger partial charge on any atom is 0.231 e. The van der Waals surface area contributed by atoms with E-state index in [-0.39, 0.29) is 11.4 Å². The van der Waals surface area contributed by atoms with E-state index >= 15 is 4.39 Å². The zero-order valence-electron chi connectivity index (χ0n) is 16.8. The van der Waals surface area contributed by atoms with Gasteiger partial charge in [0, 0.05) is 30.2 Å². The molecule has 8 nitrogen and oxygen atoms in total. The zero-order chi connectivity index (χ0) is 22.0. The van der Waals surface area contributed by atoms with Crippen molar-refractivity contribution in [3.8, 4) is 11.3 Å². The summed E-state index contributed by atoms with van der Waals surface area (Å²) in [6, 6.07) is 0. The van der Waals surface area contributed by atoms with E-state index < -0.39 is 23.8 Å². The highest BCUT2D eigenvalue weighted by Gasteiger charge is 2.43. The van der Waals surface area contributed by atoms with Gasteiger partial charge in [-0.15, -0.1) is 0 Å². The van der Waals surface area contributed by atoms with Crippen molar-refractivity contribution in [3.63, 3.8) is 0 Å². The molecule has 4 aromatic rings. The Bertz CT molecular complexity index is 1380. The summed E-state index contributed by atoms with van der Waals surface area (Å²) < 4.78 is 30.2. The van der Waals surface area contributed by atoms with Gasteiger partial charge in [-0.25, -0.2) is 13.8 Å². The number of amides is 1. The van der Waals surface area contributed by atoms with Crippen molar-refractivity contribution in [2.24, 2.45) is 5.92 Å². The molecular formula is C21H18ClF2N7O. The van der Waals surface area contributed by atoms with Gasteiger partial charge in [-0.3, -0.25) is 14.9 Å². The van der Waals surface area contributed by atoms with Gasteiger partial charge in [-0.05, 0) is 19.3 Å². The average Bonchev–Trinajstić information content (AvgIpc) is 3.21. The lowest BCUT2D eigenvalue weighted by Crippen LogP contribution is -2.20. The van der Waals surface area contributed by atoms with Crippen molar-refractivity contribution in [2.45, 2.75) is 25.4 Å². The summed E-state index contributed by atoms with van der Waals surface area (Å²) in [6.45, 7) is 1.52. The van der Waals surface area contributed by atoms with E-state index in [1.165, 1.54) is 6.20 Å². The van der Waals surface area contributed by atoms with E-state index in [2.05, 4.69) is 25.5 Å². The van der Waals surface area contributed by atoms with Crippen LogP contribution in [0.3, 0.4) is 0 Å². The molecule has 1 saturated carbocycles. The maximum atomic E-state index is 15.4. The van der Waals surface area contributed by atoms with E-state index in [1.807, 2.05) is 4.90 Å². The Morgan fingerprint density at radius 2 is 2.03 bits per heavy atom. The number of nitrogens with zero attached hydrogens (tertiary/aromatic N) is 5. The van der Waals surface area contributed by atoms with Gasteiger partial charge in [0.15, 0.2) is 17.3 Å².